The first-order valence-corrected chi connectivity index (χ1v) is 12.1. The Hall–Kier alpha value is -3.27. The number of thiophene rings is 1. The van der Waals surface area contributed by atoms with Crippen LogP contribution in [0.1, 0.15) is 54.7 Å². The first-order valence-electron chi connectivity index (χ1n) is 11.3. The third-order valence-corrected chi connectivity index (χ3v) is 6.45. The molecule has 10 heteroatoms. The molecule has 0 aliphatic carbocycles. The van der Waals surface area contributed by atoms with E-state index >= 15 is 0 Å². The predicted molar refractivity (Wildman–Crippen MR) is 132 cm³/mol. The second kappa shape index (κ2) is 9.54. The average molecular weight is 483 g/mol. The van der Waals surface area contributed by atoms with Crippen molar-refractivity contribution in [2.75, 3.05) is 25.0 Å². The van der Waals surface area contributed by atoms with Crippen LogP contribution in [0, 0.1) is 12.8 Å². The maximum absolute atomic E-state index is 13.3. The number of ether oxygens (including phenoxy) is 1. The normalized spacial score (nSPS) is 15.0. The standard InChI is InChI=1S/C24H30N6O3S/c1-14-9-18-20(34-14)19(29-22(28-18)27-15(2)17-7-6-8-25-11-17)21(31)30-12-16(13-30)10-26-23(32)33-24(3,4)5/h6-9,11,15-16H,10,12-13H2,1-5H3,(H,26,32)(H,27,28,29). The molecule has 0 aromatic carbocycles. The Labute approximate surface area is 203 Å². The van der Waals surface area contributed by atoms with E-state index in [1.807, 2.05) is 52.8 Å². The lowest BCUT2D eigenvalue weighted by Gasteiger charge is -2.39. The maximum Gasteiger partial charge on any atom is 0.407 e. The van der Waals surface area contributed by atoms with Crippen LogP contribution in [0.4, 0.5) is 10.7 Å². The minimum Gasteiger partial charge on any atom is -0.444 e. The average Bonchev–Trinajstić information content (AvgIpc) is 3.11. The van der Waals surface area contributed by atoms with E-state index in [0.717, 1.165) is 20.7 Å². The lowest BCUT2D eigenvalue weighted by molar-refractivity contribution is 0.0419. The Morgan fingerprint density at radius 2 is 2.06 bits per heavy atom. The fraction of sp³-hybridized carbons (Fsp3) is 0.458. The smallest absolute Gasteiger partial charge is 0.407 e. The number of carbonyl (C=O) groups is 2. The number of hydrogen-bond acceptors (Lipinski definition) is 8. The number of rotatable bonds is 6. The van der Waals surface area contributed by atoms with Crippen LogP contribution in [0.2, 0.25) is 0 Å². The molecule has 0 saturated carbocycles. The SMILES string of the molecule is Cc1cc2nc(NC(C)c3cccnc3)nc(C(=O)N3CC(CNC(=O)OC(C)(C)C)C3)c2s1. The molecule has 1 fully saturated rings. The van der Waals surface area contributed by atoms with Crippen molar-refractivity contribution in [2.45, 2.75) is 46.3 Å². The van der Waals surface area contributed by atoms with Gasteiger partial charge in [0.1, 0.15) is 5.60 Å². The summed E-state index contributed by atoms with van der Waals surface area (Å²) in [5.41, 5.74) is 1.62. The van der Waals surface area contributed by atoms with Crippen LogP contribution in [-0.4, -0.2) is 57.1 Å². The van der Waals surface area contributed by atoms with Gasteiger partial charge in [-0.25, -0.2) is 14.8 Å². The van der Waals surface area contributed by atoms with Crippen molar-refractivity contribution in [1.29, 1.82) is 0 Å². The van der Waals surface area contributed by atoms with Crippen molar-refractivity contribution in [2.24, 2.45) is 5.92 Å². The maximum atomic E-state index is 13.3. The molecular formula is C24H30N6O3S. The highest BCUT2D eigenvalue weighted by atomic mass is 32.1. The molecule has 1 atom stereocenters. The molecule has 34 heavy (non-hydrogen) atoms. The van der Waals surface area contributed by atoms with E-state index in [0.29, 0.717) is 31.3 Å². The fourth-order valence-electron chi connectivity index (χ4n) is 3.72. The molecule has 2 amide bonds. The van der Waals surface area contributed by atoms with Gasteiger partial charge in [0, 0.05) is 42.8 Å². The Morgan fingerprint density at radius 3 is 2.74 bits per heavy atom. The van der Waals surface area contributed by atoms with Crippen LogP contribution in [0.3, 0.4) is 0 Å². The van der Waals surface area contributed by atoms with Gasteiger partial charge >= 0.3 is 6.09 Å². The lowest BCUT2D eigenvalue weighted by atomic mass is 9.99. The molecule has 3 aromatic heterocycles. The number of likely N-dealkylation sites (tertiary alicyclic amines) is 1. The molecule has 0 spiro atoms. The van der Waals surface area contributed by atoms with Crippen molar-refractivity contribution in [1.82, 2.24) is 25.2 Å². The highest BCUT2D eigenvalue weighted by Gasteiger charge is 2.34. The quantitative estimate of drug-likeness (QED) is 0.543. The van der Waals surface area contributed by atoms with E-state index in [4.69, 9.17) is 4.74 Å². The van der Waals surface area contributed by atoms with Gasteiger partial charge in [-0.1, -0.05) is 6.07 Å². The zero-order valence-corrected chi connectivity index (χ0v) is 20.9. The molecule has 1 unspecified atom stereocenters. The summed E-state index contributed by atoms with van der Waals surface area (Å²) in [6.07, 6.45) is 3.08. The van der Waals surface area contributed by atoms with Crippen molar-refractivity contribution in [3.8, 4) is 0 Å². The minimum atomic E-state index is -0.539. The van der Waals surface area contributed by atoms with Crippen molar-refractivity contribution in [3.63, 3.8) is 0 Å². The van der Waals surface area contributed by atoms with Gasteiger partial charge in [-0.3, -0.25) is 9.78 Å². The summed E-state index contributed by atoms with van der Waals surface area (Å²) in [4.78, 5) is 41.4. The molecular weight excluding hydrogens is 452 g/mol. The molecule has 1 saturated heterocycles. The van der Waals surface area contributed by atoms with Gasteiger partial charge in [-0.05, 0) is 52.3 Å². The van der Waals surface area contributed by atoms with E-state index in [2.05, 4.69) is 25.6 Å². The van der Waals surface area contributed by atoms with Gasteiger partial charge in [0.25, 0.3) is 5.91 Å². The highest BCUT2D eigenvalue weighted by molar-refractivity contribution is 7.19. The Morgan fingerprint density at radius 1 is 1.29 bits per heavy atom. The van der Waals surface area contributed by atoms with Crippen LogP contribution in [-0.2, 0) is 4.74 Å². The van der Waals surface area contributed by atoms with E-state index < -0.39 is 11.7 Å². The van der Waals surface area contributed by atoms with Gasteiger partial charge in [0.05, 0.1) is 16.3 Å². The summed E-state index contributed by atoms with van der Waals surface area (Å²) in [7, 11) is 0. The van der Waals surface area contributed by atoms with Crippen molar-refractivity contribution in [3.05, 3.63) is 46.7 Å². The third kappa shape index (κ3) is 5.61. The van der Waals surface area contributed by atoms with Gasteiger partial charge in [0.15, 0.2) is 5.69 Å². The second-order valence-electron chi connectivity index (χ2n) is 9.58. The summed E-state index contributed by atoms with van der Waals surface area (Å²) >= 11 is 1.52. The molecule has 4 heterocycles. The Bertz CT molecular complexity index is 1180. The number of fused-ring (bicyclic) bond motifs is 1. The highest BCUT2D eigenvalue weighted by Crippen LogP contribution is 2.30. The number of aromatic nitrogens is 3. The first-order chi connectivity index (χ1) is 16.1. The Balaban J connectivity index is 1.44. The zero-order chi connectivity index (χ0) is 24.5. The number of nitrogens with one attached hydrogen (secondary N) is 2. The second-order valence-corrected chi connectivity index (χ2v) is 10.8. The molecule has 9 nitrogen and oxygen atoms in total. The summed E-state index contributed by atoms with van der Waals surface area (Å²) in [6.45, 7) is 11.0. The number of pyridine rings is 1. The number of carbonyl (C=O) groups excluding carboxylic acids is 2. The van der Waals surface area contributed by atoms with Crippen LogP contribution < -0.4 is 10.6 Å². The zero-order valence-electron chi connectivity index (χ0n) is 20.1. The molecule has 3 aromatic rings. The monoisotopic (exact) mass is 482 g/mol. The number of nitrogens with zero attached hydrogens (tertiary/aromatic N) is 4. The van der Waals surface area contributed by atoms with E-state index in [-0.39, 0.29) is 17.9 Å². The van der Waals surface area contributed by atoms with E-state index in [9.17, 15) is 9.59 Å². The van der Waals surface area contributed by atoms with Crippen LogP contribution in [0.25, 0.3) is 10.2 Å². The topological polar surface area (TPSA) is 109 Å². The van der Waals surface area contributed by atoms with Gasteiger partial charge in [-0.2, -0.15) is 0 Å². The molecule has 1 aliphatic heterocycles. The van der Waals surface area contributed by atoms with E-state index in [1.54, 1.807) is 17.3 Å². The summed E-state index contributed by atoms with van der Waals surface area (Å²) in [5.74, 6) is 0.468. The molecule has 0 radical (unpaired) electrons. The molecule has 2 N–H and O–H groups in total. The summed E-state index contributed by atoms with van der Waals surface area (Å²) in [6, 6.07) is 5.77. The lowest BCUT2D eigenvalue weighted by Crippen LogP contribution is -2.54. The summed E-state index contributed by atoms with van der Waals surface area (Å²) in [5, 5.41) is 6.08. The largest absolute Gasteiger partial charge is 0.444 e. The third-order valence-electron chi connectivity index (χ3n) is 5.41. The predicted octanol–water partition coefficient (Wildman–Crippen LogP) is 4.16. The van der Waals surface area contributed by atoms with Crippen LogP contribution in [0.15, 0.2) is 30.6 Å². The van der Waals surface area contributed by atoms with Gasteiger partial charge in [0.2, 0.25) is 5.95 Å². The number of amides is 2. The van der Waals surface area contributed by atoms with Crippen LogP contribution >= 0.6 is 11.3 Å². The summed E-state index contributed by atoms with van der Waals surface area (Å²) < 4.78 is 6.06. The molecule has 1 aliphatic rings. The van der Waals surface area contributed by atoms with Crippen molar-refractivity contribution < 1.29 is 14.3 Å². The fourth-order valence-corrected chi connectivity index (χ4v) is 4.66. The number of hydrogen-bond donors (Lipinski definition) is 2. The number of alkyl carbamates (subject to hydrolysis) is 1. The Kier molecular flexibility index (Phi) is 6.70. The van der Waals surface area contributed by atoms with E-state index in [1.165, 1.54) is 11.3 Å². The number of aryl methyl sites for hydroxylation is 1. The molecule has 4 rings (SSSR count). The van der Waals surface area contributed by atoms with Gasteiger partial charge < -0.3 is 20.3 Å². The van der Waals surface area contributed by atoms with Crippen LogP contribution in [0.5, 0.6) is 0 Å². The van der Waals surface area contributed by atoms with Crippen molar-refractivity contribution >= 4 is 39.5 Å². The minimum absolute atomic E-state index is 0.0684. The molecule has 180 valence electrons. The first kappa shape index (κ1) is 23.9. The number of anilines is 1. The van der Waals surface area contributed by atoms with Gasteiger partial charge in [-0.15, -0.1) is 11.3 Å². The molecule has 0 bridgehead atoms.